The van der Waals surface area contributed by atoms with E-state index < -0.39 is 0 Å². The first-order valence-corrected chi connectivity index (χ1v) is 9.90. The molecular formula is C21H21Cl2N3O3. The molecule has 8 heteroatoms. The van der Waals surface area contributed by atoms with Gasteiger partial charge in [0.15, 0.2) is 6.61 Å². The van der Waals surface area contributed by atoms with Gasteiger partial charge in [-0.1, -0.05) is 35.3 Å². The topological polar surface area (TPSA) is 65.8 Å². The number of ether oxygens (including phenoxy) is 2. The van der Waals surface area contributed by atoms with Crippen LogP contribution in [0.3, 0.4) is 0 Å². The van der Waals surface area contributed by atoms with E-state index in [0.29, 0.717) is 42.0 Å². The minimum atomic E-state index is -0.359. The van der Waals surface area contributed by atoms with Crippen LogP contribution in [0.1, 0.15) is 11.6 Å². The van der Waals surface area contributed by atoms with Crippen LogP contribution in [0.2, 0.25) is 10.0 Å². The number of methoxy groups -OCH3 is 1. The summed E-state index contributed by atoms with van der Waals surface area (Å²) in [6.07, 6.45) is 0. The van der Waals surface area contributed by atoms with Gasteiger partial charge in [-0.2, -0.15) is 5.26 Å². The van der Waals surface area contributed by atoms with Gasteiger partial charge in [-0.05, 0) is 35.9 Å². The summed E-state index contributed by atoms with van der Waals surface area (Å²) in [5.74, 6) is 1.06. The van der Waals surface area contributed by atoms with E-state index in [9.17, 15) is 10.1 Å². The molecule has 0 bridgehead atoms. The quantitative estimate of drug-likeness (QED) is 0.692. The van der Waals surface area contributed by atoms with Gasteiger partial charge in [0, 0.05) is 31.2 Å². The molecule has 1 unspecified atom stereocenters. The predicted molar refractivity (Wildman–Crippen MR) is 111 cm³/mol. The summed E-state index contributed by atoms with van der Waals surface area (Å²) < 4.78 is 10.7. The SMILES string of the molecule is COc1ccc(C(C#N)N2CCN(C(=O)COc3ccc(Cl)cc3Cl)CC2)cc1. The molecule has 0 aliphatic carbocycles. The van der Waals surface area contributed by atoms with Crippen LogP contribution in [0.5, 0.6) is 11.5 Å². The van der Waals surface area contributed by atoms with Gasteiger partial charge in [0.05, 0.1) is 18.2 Å². The molecule has 0 saturated carbocycles. The highest BCUT2D eigenvalue weighted by molar-refractivity contribution is 6.35. The third-order valence-electron chi connectivity index (χ3n) is 4.83. The smallest absolute Gasteiger partial charge is 0.260 e. The fourth-order valence-corrected chi connectivity index (χ4v) is 3.67. The Morgan fingerprint density at radius 3 is 2.41 bits per heavy atom. The van der Waals surface area contributed by atoms with Crippen molar-refractivity contribution >= 4 is 29.1 Å². The van der Waals surface area contributed by atoms with Gasteiger partial charge in [-0.15, -0.1) is 0 Å². The maximum Gasteiger partial charge on any atom is 0.260 e. The molecule has 0 radical (unpaired) electrons. The van der Waals surface area contributed by atoms with Crippen LogP contribution in [-0.2, 0) is 4.79 Å². The van der Waals surface area contributed by atoms with E-state index in [1.807, 2.05) is 24.3 Å². The first kappa shape index (κ1) is 21.3. The highest BCUT2D eigenvalue weighted by Crippen LogP contribution is 2.28. The molecular weight excluding hydrogens is 413 g/mol. The number of nitrogens with zero attached hydrogens (tertiary/aromatic N) is 3. The lowest BCUT2D eigenvalue weighted by molar-refractivity contribution is -0.135. The fourth-order valence-electron chi connectivity index (χ4n) is 3.21. The zero-order valence-corrected chi connectivity index (χ0v) is 17.5. The Balaban J connectivity index is 1.53. The maximum atomic E-state index is 12.5. The second-order valence-corrected chi connectivity index (χ2v) is 7.43. The van der Waals surface area contributed by atoms with Crippen molar-refractivity contribution in [2.24, 2.45) is 0 Å². The van der Waals surface area contributed by atoms with Crippen molar-refractivity contribution in [1.29, 1.82) is 5.26 Å². The highest BCUT2D eigenvalue weighted by Gasteiger charge is 2.27. The van der Waals surface area contributed by atoms with E-state index in [0.717, 1.165) is 11.3 Å². The fraction of sp³-hybridized carbons (Fsp3) is 0.333. The molecule has 6 nitrogen and oxygen atoms in total. The molecule has 29 heavy (non-hydrogen) atoms. The molecule has 1 aliphatic rings. The molecule has 0 aromatic heterocycles. The Morgan fingerprint density at radius 2 is 1.83 bits per heavy atom. The average molecular weight is 434 g/mol. The van der Waals surface area contributed by atoms with E-state index >= 15 is 0 Å². The number of carbonyl (C=O) groups is 1. The van der Waals surface area contributed by atoms with Crippen LogP contribution in [0.4, 0.5) is 0 Å². The molecule has 1 amide bonds. The van der Waals surface area contributed by atoms with E-state index in [1.165, 1.54) is 0 Å². The number of amides is 1. The molecule has 1 heterocycles. The van der Waals surface area contributed by atoms with Crippen molar-refractivity contribution < 1.29 is 14.3 Å². The van der Waals surface area contributed by atoms with Crippen LogP contribution in [-0.4, -0.2) is 55.6 Å². The zero-order chi connectivity index (χ0) is 20.8. The number of hydrogen-bond acceptors (Lipinski definition) is 5. The number of nitriles is 1. The molecule has 1 saturated heterocycles. The van der Waals surface area contributed by atoms with E-state index in [4.69, 9.17) is 32.7 Å². The van der Waals surface area contributed by atoms with Crippen LogP contribution in [0.15, 0.2) is 42.5 Å². The number of rotatable bonds is 6. The van der Waals surface area contributed by atoms with Gasteiger partial charge < -0.3 is 14.4 Å². The molecule has 1 fully saturated rings. The second-order valence-electron chi connectivity index (χ2n) is 6.58. The molecule has 0 spiro atoms. The minimum absolute atomic E-state index is 0.0957. The van der Waals surface area contributed by atoms with Crippen LogP contribution < -0.4 is 9.47 Å². The molecule has 3 rings (SSSR count). The minimum Gasteiger partial charge on any atom is -0.497 e. The number of hydrogen-bond donors (Lipinski definition) is 0. The monoisotopic (exact) mass is 433 g/mol. The Morgan fingerprint density at radius 1 is 1.14 bits per heavy atom. The standard InChI is InChI=1S/C21H21Cl2N3O3/c1-28-17-5-2-15(3-6-17)19(13-24)25-8-10-26(11-9-25)21(27)14-29-20-7-4-16(22)12-18(20)23/h2-7,12,19H,8-11,14H2,1H3. The van der Waals surface area contributed by atoms with Gasteiger partial charge >= 0.3 is 0 Å². The highest BCUT2D eigenvalue weighted by atomic mass is 35.5. The third kappa shape index (κ3) is 5.33. The lowest BCUT2D eigenvalue weighted by Crippen LogP contribution is -2.50. The average Bonchev–Trinajstić information content (AvgIpc) is 2.74. The molecule has 1 atom stereocenters. The number of benzene rings is 2. The van der Waals surface area contributed by atoms with Crippen molar-refractivity contribution in [2.75, 3.05) is 39.9 Å². The Hall–Kier alpha value is -2.46. The van der Waals surface area contributed by atoms with Gasteiger partial charge in [0.2, 0.25) is 0 Å². The van der Waals surface area contributed by atoms with Crippen molar-refractivity contribution in [3.8, 4) is 17.6 Å². The summed E-state index contributed by atoms with van der Waals surface area (Å²) in [7, 11) is 1.61. The van der Waals surface area contributed by atoms with E-state index in [1.54, 1.807) is 30.2 Å². The Bertz CT molecular complexity index is 891. The normalized spacial score (nSPS) is 15.4. The Labute approximate surface area is 180 Å². The van der Waals surface area contributed by atoms with Gasteiger partial charge in [0.25, 0.3) is 5.91 Å². The molecule has 1 aliphatic heterocycles. The zero-order valence-electron chi connectivity index (χ0n) is 16.0. The summed E-state index contributed by atoms with van der Waals surface area (Å²) in [6, 6.07) is 14.4. The molecule has 2 aromatic carbocycles. The van der Waals surface area contributed by atoms with Crippen LogP contribution in [0.25, 0.3) is 0 Å². The molecule has 0 N–H and O–H groups in total. The predicted octanol–water partition coefficient (Wildman–Crippen LogP) is 3.79. The van der Waals surface area contributed by atoms with E-state index in [-0.39, 0.29) is 18.6 Å². The number of piperazine rings is 1. The van der Waals surface area contributed by atoms with Gasteiger partial charge in [-0.3, -0.25) is 9.69 Å². The van der Waals surface area contributed by atoms with Crippen LogP contribution >= 0.6 is 23.2 Å². The van der Waals surface area contributed by atoms with Crippen molar-refractivity contribution in [3.05, 3.63) is 58.1 Å². The number of halogens is 2. The van der Waals surface area contributed by atoms with E-state index in [2.05, 4.69) is 11.0 Å². The van der Waals surface area contributed by atoms with Crippen molar-refractivity contribution in [3.63, 3.8) is 0 Å². The molecule has 152 valence electrons. The van der Waals surface area contributed by atoms with Crippen LogP contribution in [0, 0.1) is 11.3 Å². The maximum absolute atomic E-state index is 12.5. The third-order valence-corrected chi connectivity index (χ3v) is 5.36. The summed E-state index contributed by atoms with van der Waals surface area (Å²) in [5, 5.41) is 10.5. The molecule has 2 aromatic rings. The summed E-state index contributed by atoms with van der Waals surface area (Å²) in [6.45, 7) is 2.19. The lowest BCUT2D eigenvalue weighted by atomic mass is 10.1. The summed E-state index contributed by atoms with van der Waals surface area (Å²) >= 11 is 11.9. The Kier molecular flexibility index (Phi) is 7.21. The summed E-state index contributed by atoms with van der Waals surface area (Å²) in [4.78, 5) is 16.3. The second kappa shape index (κ2) is 9.84. The van der Waals surface area contributed by atoms with Gasteiger partial charge in [-0.25, -0.2) is 0 Å². The summed E-state index contributed by atoms with van der Waals surface area (Å²) in [5.41, 5.74) is 0.911. The van der Waals surface area contributed by atoms with Crippen molar-refractivity contribution in [2.45, 2.75) is 6.04 Å². The van der Waals surface area contributed by atoms with Crippen molar-refractivity contribution in [1.82, 2.24) is 9.80 Å². The van der Waals surface area contributed by atoms with Gasteiger partial charge in [0.1, 0.15) is 17.5 Å². The first-order valence-electron chi connectivity index (χ1n) is 9.15. The lowest BCUT2D eigenvalue weighted by Gasteiger charge is -2.37. The largest absolute Gasteiger partial charge is 0.497 e. The first-order chi connectivity index (χ1) is 14.0. The number of carbonyl (C=O) groups excluding carboxylic acids is 1.